The number of aryl methyl sites for hydroxylation is 1. The van der Waals surface area contributed by atoms with Gasteiger partial charge in [0.2, 0.25) is 5.91 Å². The van der Waals surface area contributed by atoms with Crippen LogP contribution in [-0.4, -0.2) is 65.3 Å². The van der Waals surface area contributed by atoms with Gasteiger partial charge >= 0.3 is 0 Å². The number of carbonyl (C=O) groups is 2. The molecule has 0 unspecified atom stereocenters. The van der Waals surface area contributed by atoms with Crippen molar-refractivity contribution in [2.45, 2.75) is 19.3 Å². The molecule has 7 nitrogen and oxygen atoms in total. The van der Waals surface area contributed by atoms with Gasteiger partial charge < -0.3 is 15.1 Å². The average molecular weight is 402 g/mol. The second-order valence-corrected chi connectivity index (χ2v) is 7.69. The van der Waals surface area contributed by atoms with Crippen LogP contribution in [0, 0.1) is 6.92 Å². The number of nitrogens with one attached hydrogen (secondary N) is 1. The summed E-state index contributed by atoms with van der Waals surface area (Å²) < 4.78 is 0. The van der Waals surface area contributed by atoms with E-state index in [1.165, 1.54) is 0 Å². The van der Waals surface area contributed by atoms with Gasteiger partial charge in [0.25, 0.3) is 5.91 Å². The SMILES string of the molecule is Cc1nc([C@@H]2CCN(C(=O)CN(C)C)C2)ncc1C(=O)Nc1ccc(Cl)cc1. The third-order valence-electron chi connectivity index (χ3n) is 4.70. The Morgan fingerprint density at radius 2 is 2.00 bits per heavy atom. The van der Waals surface area contributed by atoms with Crippen LogP contribution in [0.15, 0.2) is 30.5 Å². The maximum absolute atomic E-state index is 12.5. The van der Waals surface area contributed by atoms with Crippen LogP contribution in [0.5, 0.6) is 0 Å². The Kier molecular flexibility index (Phi) is 6.26. The van der Waals surface area contributed by atoms with Crippen LogP contribution in [-0.2, 0) is 4.79 Å². The van der Waals surface area contributed by atoms with E-state index in [1.807, 2.05) is 23.9 Å². The molecule has 0 saturated carbocycles. The number of aromatic nitrogens is 2. The van der Waals surface area contributed by atoms with Gasteiger partial charge in [-0.25, -0.2) is 9.97 Å². The second-order valence-electron chi connectivity index (χ2n) is 7.25. The van der Waals surface area contributed by atoms with E-state index < -0.39 is 0 Å². The number of anilines is 1. The standard InChI is InChI=1S/C20H24ClN5O2/c1-13-17(20(28)24-16-6-4-15(21)5-7-16)10-22-19(23-13)14-8-9-26(11-14)18(27)12-25(2)3/h4-7,10,14H,8-9,11-12H2,1-3H3,(H,24,28)/t14-/m1/s1. The molecule has 0 aliphatic carbocycles. The molecule has 0 radical (unpaired) electrons. The fraction of sp³-hybridized carbons (Fsp3) is 0.400. The van der Waals surface area contributed by atoms with Crippen molar-refractivity contribution in [1.82, 2.24) is 19.8 Å². The summed E-state index contributed by atoms with van der Waals surface area (Å²) in [6, 6.07) is 6.91. The van der Waals surface area contributed by atoms with E-state index in [4.69, 9.17) is 11.6 Å². The van der Waals surface area contributed by atoms with Gasteiger partial charge in [0.1, 0.15) is 5.82 Å². The monoisotopic (exact) mass is 401 g/mol. The topological polar surface area (TPSA) is 78.4 Å². The highest BCUT2D eigenvalue weighted by Gasteiger charge is 2.29. The molecule has 2 heterocycles. The predicted octanol–water partition coefficient (Wildman–Crippen LogP) is 2.57. The number of benzene rings is 1. The lowest BCUT2D eigenvalue weighted by Gasteiger charge is -2.19. The fourth-order valence-electron chi connectivity index (χ4n) is 3.20. The van der Waals surface area contributed by atoms with Crippen molar-refractivity contribution in [2.75, 3.05) is 39.0 Å². The molecule has 1 aromatic carbocycles. The molecule has 2 amide bonds. The van der Waals surface area contributed by atoms with Crippen molar-refractivity contribution in [3.8, 4) is 0 Å². The van der Waals surface area contributed by atoms with Crippen molar-refractivity contribution < 1.29 is 9.59 Å². The first kappa shape index (κ1) is 20.2. The molecule has 1 aliphatic rings. The summed E-state index contributed by atoms with van der Waals surface area (Å²) in [4.78, 5) is 37.4. The normalized spacial score (nSPS) is 16.5. The smallest absolute Gasteiger partial charge is 0.259 e. The molecule has 1 saturated heterocycles. The summed E-state index contributed by atoms with van der Waals surface area (Å²) in [5, 5.41) is 3.43. The molecular weight excluding hydrogens is 378 g/mol. The van der Waals surface area contributed by atoms with Gasteiger partial charge in [-0.3, -0.25) is 9.59 Å². The Hall–Kier alpha value is -2.51. The number of rotatable bonds is 5. The van der Waals surface area contributed by atoms with Crippen molar-refractivity contribution in [3.63, 3.8) is 0 Å². The number of nitrogens with zero attached hydrogens (tertiary/aromatic N) is 4. The highest BCUT2D eigenvalue weighted by atomic mass is 35.5. The highest BCUT2D eigenvalue weighted by molar-refractivity contribution is 6.30. The highest BCUT2D eigenvalue weighted by Crippen LogP contribution is 2.25. The molecule has 0 spiro atoms. The summed E-state index contributed by atoms with van der Waals surface area (Å²) >= 11 is 5.86. The van der Waals surface area contributed by atoms with E-state index in [0.29, 0.717) is 47.4 Å². The number of amides is 2. The van der Waals surface area contributed by atoms with Crippen LogP contribution < -0.4 is 5.32 Å². The zero-order valence-electron chi connectivity index (χ0n) is 16.3. The Balaban J connectivity index is 1.66. The van der Waals surface area contributed by atoms with Crippen molar-refractivity contribution >= 4 is 29.1 Å². The van der Waals surface area contributed by atoms with E-state index in [1.54, 1.807) is 37.4 Å². The molecule has 1 aromatic heterocycles. The van der Waals surface area contributed by atoms with Gasteiger partial charge in [-0.2, -0.15) is 0 Å². The Labute approximate surface area is 169 Å². The fourth-order valence-corrected chi connectivity index (χ4v) is 3.33. The summed E-state index contributed by atoms with van der Waals surface area (Å²) in [6.45, 7) is 3.52. The molecule has 3 rings (SSSR count). The molecule has 28 heavy (non-hydrogen) atoms. The summed E-state index contributed by atoms with van der Waals surface area (Å²) in [5.74, 6) is 0.627. The lowest BCUT2D eigenvalue weighted by atomic mass is 10.1. The summed E-state index contributed by atoms with van der Waals surface area (Å²) in [5.41, 5.74) is 1.70. The zero-order valence-corrected chi connectivity index (χ0v) is 17.0. The van der Waals surface area contributed by atoms with Crippen molar-refractivity contribution in [2.24, 2.45) is 0 Å². The molecular formula is C20H24ClN5O2. The van der Waals surface area contributed by atoms with Crippen molar-refractivity contribution in [1.29, 1.82) is 0 Å². The Morgan fingerprint density at radius 1 is 1.29 bits per heavy atom. The third-order valence-corrected chi connectivity index (χ3v) is 4.95. The van der Waals surface area contributed by atoms with Gasteiger partial charge in [0.15, 0.2) is 0 Å². The van der Waals surface area contributed by atoms with E-state index in [9.17, 15) is 9.59 Å². The van der Waals surface area contributed by atoms with Gasteiger partial charge in [-0.05, 0) is 51.7 Å². The minimum absolute atomic E-state index is 0.0955. The molecule has 1 atom stereocenters. The summed E-state index contributed by atoms with van der Waals surface area (Å²) in [6.07, 6.45) is 2.39. The largest absolute Gasteiger partial charge is 0.341 e. The zero-order chi connectivity index (χ0) is 20.3. The van der Waals surface area contributed by atoms with Gasteiger partial charge in [-0.15, -0.1) is 0 Å². The van der Waals surface area contributed by atoms with E-state index in [0.717, 1.165) is 6.42 Å². The molecule has 2 aromatic rings. The summed E-state index contributed by atoms with van der Waals surface area (Å²) in [7, 11) is 3.76. The quantitative estimate of drug-likeness (QED) is 0.833. The number of hydrogen-bond donors (Lipinski definition) is 1. The third kappa shape index (κ3) is 4.85. The average Bonchev–Trinajstić information content (AvgIpc) is 3.13. The maximum atomic E-state index is 12.5. The minimum Gasteiger partial charge on any atom is -0.341 e. The molecule has 1 aliphatic heterocycles. The number of carbonyl (C=O) groups excluding carboxylic acids is 2. The number of likely N-dealkylation sites (tertiary alicyclic amines) is 1. The Morgan fingerprint density at radius 3 is 2.64 bits per heavy atom. The van der Waals surface area contributed by atoms with Crippen molar-refractivity contribution in [3.05, 3.63) is 52.6 Å². The first-order valence-corrected chi connectivity index (χ1v) is 9.54. The molecule has 148 valence electrons. The molecule has 0 bridgehead atoms. The predicted molar refractivity (Wildman–Crippen MR) is 109 cm³/mol. The number of halogens is 1. The molecule has 1 N–H and O–H groups in total. The van der Waals surface area contributed by atoms with Crippen LogP contribution in [0.2, 0.25) is 5.02 Å². The maximum Gasteiger partial charge on any atom is 0.259 e. The van der Waals surface area contributed by atoms with Crippen LogP contribution in [0.4, 0.5) is 5.69 Å². The molecule has 8 heteroatoms. The first-order chi connectivity index (χ1) is 13.3. The van der Waals surface area contributed by atoms with Crippen LogP contribution >= 0.6 is 11.6 Å². The Bertz CT molecular complexity index is 869. The lowest BCUT2D eigenvalue weighted by molar-refractivity contribution is -0.130. The van der Waals surface area contributed by atoms with E-state index >= 15 is 0 Å². The second kappa shape index (κ2) is 8.67. The van der Waals surface area contributed by atoms with E-state index in [2.05, 4.69) is 15.3 Å². The van der Waals surface area contributed by atoms with Gasteiger partial charge in [-0.1, -0.05) is 11.6 Å². The first-order valence-electron chi connectivity index (χ1n) is 9.16. The van der Waals surface area contributed by atoms with Gasteiger partial charge in [0, 0.05) is 35.9 Å². The lowest BCUT2D eigenvalue weighted by Crippen LogP contribution is -2.36. The minimum atomic E-state index is -0.263. The van der Waals surface area contributed by atoms with Gasteiger partial charge in [0.05, 0.1) is 17.8 Å². The van der Waals surface area contributed by atoms with Crippen LogP contribution in [0.1, 0.15) is 34.2 Å². The molecule has 1 fully saturated rings. The van der Waals surface area contributed by atoms with E-state index in [-0.39, 0.29) is 17.7 Å². The van der Waals surface area contributed by atoms with Crippen LogP contribution in [0.3, 0.4) is 0 Å². The number of hydrogen-bond acceptors (Lipinski definition) is 5. The van der Waals surface area contributed by atoms with Crippen LogP contribution in [0.25, 0.3) is 0 Å². The number of likely N-dealkylation sites (N-methyl/N-ethyl adjacent to an activating group) is 1.